The van der Waals surface area contributed by atoms with Crippen molar-refractivity contribution in [3.8, 4) is 11.5 Å². The van der Waals surface area contributed by atoms with Crippen LogP contribution in [0.1, 0.15) is 5.56 Å². The smallest absolute Gasteiger partial charge is 0.175 e. The maximum Gasteiger partial charge on any atom is 0.175 e. The average molecular weight is 231 g/mol. The minimum absolute atomic E-state index is 0.745. The fourth-order valence-electron chi connectivity index (χ4n) is 0.988. The number of benzene rings is 1. The Balaban J connectivity index is 3.25. The largest absolute Gasteiger partial charge is 0.493 e. The highest BCUT2D eigenvalue weighted by molar-refractivity contribution is 9.10. The maximum absolute atomic E-state index is 5.18. The fourth-order valence-corrected chi connectivity index (χ4v) is 1.48. The van der Waals surface area contributed by atoms with Gasteiger partial charge in [0, 0.05) is 0 Å². The number of aryl methyl sites for hydroxylation is 1. The van der Waals surface area contributed by atoms with Gasteiger partial charge < -0.3 is 9.47 Å². The van der Waals surface area contributed by atoms with Gasteiger partial charge in [-0.2, -0.15) is 0 Å². The van der Waals surface area contributed by atoms with Gasteiger partial charge in [0.15, 0.2) is 11.5 Å². The summed E-state index contributed by atoms with van der Waals surface area (Å²) >= 11 is 3.43. The van der Waals surface area contributed by atoms with Crippen molar-refractivity contribution in [1.82, 2.24) is 0 Å². The van der Waals surface area contributed by atoms with Crippen LogP contribution in [0.2, 0.25) is 0 Å². The molecule has 0 saturated heterocycles. The zero-order chi connectivity index (χ0) is 9.14. The molecule has 0 aliphatic carbocycles. The van der Waals surface area contributed by atoms with E-state index in [2.05, 4.69) is 15.9 Å². The van der Waals surface area contributed by atoms with Gasteiger partial charge in [-0.3, -0.25) is 0 Å². The standard InChI is InChI=1S/C9H11BrO2/c1-6-4-5-7(11-2)9(12-3)8(6)10/h4-5H,1-3H3. The molecule has 1 aromatic rings. The summed E-state index contributed by atoms with van der Waals surface area (Å²) in [4.78, 5) is 0. The highest BCUT2D eigenvalue weighted by Crippen LogP contribution is 2.36. The Morgan fingerprint density at radius 1 is 1.17 bits per heavy atom. The fraction of sp³-hybridized carbons (Fsp3) is 0.333. The van der Waals surface area contributed by atoms with Crippen LogP contribution in [0.4, 0.5) is 0 Å². The Kier molecular flexibility index (Phi) is 2.98. The van der Waals surface area contributed by atoms with Crippen LogP contribution >= 0.6 is 15.9 Å². The number of ether oxygens (including phenoxy) is 2. The van der Waals surface area contributed by atoms with E-state index in [0.717, 1.165) is 21.5 Å². The molecule has 1 aromatic carbocycles. The molecule has 3 heteroatoms. The van der Waals surface area contributed by atoms with Gasteiger partial charge in [-0.15, -0.1) is 0 Å². The van der Waals surface area contributed by atoms with Crippen molar-refractivity contribution in [3.05, 3.63) is 22.2 Å². The Morgan fingerprint density at radius 2 is 1.83 bits per heavy atom. The molecule has 0 heterocycles. The SMILES string of the molecule is COc1ccc(C)c(Br)c1OC. The molecule has 0 bridgehead atoms. The van der Waals surface area contributed by atoms with E-state index in [1.807, 2.05) is 19.1 Å². The number of hydrogen-bond donors (Lipinski definition) is 0. The zero-order valence-electron chi connectivity index (χ0n) is 7.35. The van der Waals surface area contributed by atoms with Gasteiger partial charge in [-0.1, -0.05) is 6.07 Å². The summed E-state index contributed by atoms with van der Waals surface area (Å²) in [5, 5.41) is 0. The van der Waals surface area contributed by atoms with E-state index < -0.39 is 0 Å². The van der Waals surface area contributed by atoms with Crippen molar-refractivity contribution >= 4 is 15.9 Å². The molecular formula is C9H11BrO2. The first-order valence-corrected chi connectivity index (χ1v) is 4.37. The number of halogens is 1. The third kappa shape index (κ3) is 1.55. The number of hydrogen-bond acceptors (Lipinski definition) is 2. The van der Waals surface area contributed by atoms with Crippen molar-refractivity contribution < 1.29 is 9.47 Å². The quantitative estimate of drug-likeness (QED) is 0.779. The van der Waals surface area contributed by atoms with Crippen molar-refractivity contribution in [1.29, 1.82) is 0 Å². The second-order valence-corrected chi connectivity index (χ2v) is 3.22. The molecular weight excluding hydrogens is 220 g/mol. The summed E-state index contributed by atoms with van der Waals surface area (Å²) in [6.07, 6.45) is 0. The first-order chi connectivity index (χ1) is 5.70. The van der Waals surface area contributed by atoms with Crippen LogP contribution in [-0.4, -0.2) is 14.2 Å². The number of methoxy groups -OCH3 is 2. The maximum atomic E-state index is 5.18. The van der Waals surface area contributed by atoms with Gasteiger partial charge in [0.1, 0.15) is 0 Å². The monoisotopic (exact) mass is 230 g/mol. The normalized spacial score (nSPS) is 9.67. The molecule has 2 nitrogen and oxygen atoms in total. The Hall–Kier alpha value is -0.700. The van der Waals surface area contributed by atoms with Crippen molar-refractivity contribution in [2.24, 2.45) is 0 Å². The van der Waals surface area contributed by atoms with Gasteiger partial charge in [0.25, 0.3) is 0 Å². The summed E-state index contributed by atoms with van der Waals surface area (Å²) in [5.74, 6) is 1.49. The predicted molar refractivity (Wildman–Crippen MR) is 52.0 cm³/mol. The van der Waals surface area contributed by atoms with Crippen LogP contribution in [0.3, 0.4) is 0 Å². The van der Waals surface area contributed by atoms with E-state index in [0.29, 0.717) is 0 Å². The lowest BCUT2D eigenvalue weighted by Gasteiger charge is -2.10. The molecule has 0 amide bonds. The molecule has 0 aromatic heterocycles. The van der Waals surface area contributed by atoms with Gasteiger partial charge in [0.05, 0.1) is 18.7 Å². The minimum atomic E-state index is 0.745. The third-order valence-electron chi connectivity index (χ3n) is 1.68. The van der Waals surface area contributed by atoms with Gasteiger partial charge >= 0.3 is 0 Å². The van der Waals surface area contributed by atoms with E-state index in [4.69, 9.17) is 9.47 Å². The van der Waals surface area contributed by atoms with Crippen LogP contribution in [0.25, 0.3) is 0 Å². The third-order valence-corrected chi connectivity index (χ3v) is 2.66. The summed E-state index contributed by atoms with van der Waals surface area (Å²) in [5.41, 5.74) is 1.13. The highest BCUT2D eigenvalue weighted by Gasteiger charge is 2.09. The summed E-state index contributed by atoms with van der Waals surface area (Å²) in [7, 11) is 3.25. The lowest BCUT2D eigenvalue weighted by Crippen LogP contribution is -1.92. The lowest BCUT2D eigenvalue weighted by atomic mass is 10.2. The summed E-state index contributed by atoms with van der Waals surface area (Å²) in [6.45, 7) is 2.01. The van der Waals surface area contributed by atoms with Crippen LogP contribution in [0.5, 0.6) is 11.5 Å². The first-order valence-electron chi connectivity index (χ1n) is 3.57. The van der Waals surface area contributed by atoms with E-state index in [-0.39, 0.29) is 0 Å². The molecule has 66 valence electrons. The molecule has 0 atom stereocenters. The lowest BCUT2D eigenvalue weighted by molar-refractivity contribution is 0.353. The van der Waals surface area contributed by atoms with Crippen LogP contribution < -0.4 is 9.47 Å². The van der Waals surface area contributed by atoms with Crippen molar-refractivity contribution in [2.75, 3.05) is 14.2 Å². The minimum Gasteiger partial charge on any atom is -0.493 e. The molecule has 0 unspecified atom stereocenters. The average Bonchev–Trinajstić information content (AvgIpc) is 2.09. The van der Waals surface area contributed by atoms with Crippen molar-refractivity contribution in [2.45, 2.75) is 6.92 Å². The van der Waals surface area contributed by atoms with E-state index in [1.54, 1.807) is 14.2 Å². The van der Waals surface area contributed by atoms with E-state index in [1.165, 1.54) is 0 Å². The molecule has 1 rings (SSSR count). The summed E-state index contributed by atoms with van der Waals surface area (Å²) in [6, 6.07) is 3.87. The Bertz CT molecular complexity index is 284. The Labute approximate surface area is 80.6 Å². The molecule has 0 aliphatic heterocycles. The molecule has 0 spiro atoms. The Morgan fingerprint density at radius 3 is 2.33 bits per heavy atom. The van der Waals surface area contributed by atoms with Crippen LogP contribution in [0.15, 0.2) is 16.6 Å². The summed E-state index contributed by atoms with van der Waals surface area (Å²) < 4.78 is 11.2. The molecule has 0 radical (unpaired) electrons. The molecule has 0 fully saturated rings. The second kappa shape index (κ2) is 3.81. The van der Waals surface area contributed by atoms with Gasteiger partial charge in [-0.25, -0.2) is 0 Å². The van der Waals surface area contributed by atoms with Crippen LogP contribution in [-0.2, 0) is 0 Å². The molecule has 0 aliphatic rings. The second-order valence-electron chi connectivity index (χ2n) is 2.43. The molecule has 0 saturated carbocycles. The molecule has 12 heavy (non-hydrogen) atoms. The molecule has 0 N–H and O–H groups in total. The zero-order valence-corrected chi connectivity index (χ0v) is 8.94. The van der Waals surface area contributed by atoms with Gasteiger partial charge in [0.2, 0.25) is 0 Å². The van der Waals surface area contributed by atoms with Crippen molar-refractivity contribution in [3.63, 3.8) is 0 Å². The first kappa shape index (κ1) is 9.39. The van der Waals surface area contributed by atoms with E-state index >= 15 is 0 Å². The highest BCUT2D eigenvalue weighted by atomic mass is 79.9. The number of rotatable bonds is 2. The van der Waals surface area contributed by atoms with Gasteiger partial charge in [-0.05, 0) is 34.5 Å². The topological polar surface area (TPSA) is 18.5 Å². The predicted octanol–water partition coefficient (Wildman–Crippen LogP) is 2.77. The van der Waals surface area contributed by atoms with E-state index in [9.17, 15) is 0 Å². The van der Waals surface area contributed by atoms with Crippen LogP contribution in [0, 0.1) is 6.92 Å².